The van der Waals surface area contributed by atoms with Gasteiger partial charge in [-0.2, -0.15) is 0 Å². The van der Waals surface area contributed by atoms with Crippen molar-refractivity contribution in [2.24, 2.45) is 0 Å². The number of Topliss-reactive ketones (excluding diaryl/α,β-unsaturated/α-hetero) is 1. The highest BCUT2D eigenvalue weighted by Gasteiger charge is 2.29. The van der Waals surface area contributed by atoms with Crippen molar-refractivity contribution in [2.45, 2.75) is 26.2 Å². The second kappa shape index (κ2) is 10.8. The van der Waals surface area contributed by atoms with Crippen molar-refractivity contribution in [3.05, 3.63) is 57.8 Å². The van der Waals surface area contributed by atoms with Gasteiger partial charge in [0.15, 0.2) is 0 Å². The fourth-order valence-corrected chi connectivity index (χ4v) is 5.28. The van der Waals surface area contributed by atoms with Gasteiger partial charge in [0.25, 0.3) is 11.7 Å². The van der Waals surface area contributed by atoms with E-state index in [1.807, 2.05) is 32.9 Å². The Morgan fingerprint density at radius 2 is 1.78 bits per heavy atom. The third-order valence-corrected chi connectivity index (χ3v) is 7.10. The molecule has 1 fully saturated rings. The molecule has 0 aliphatic carbocycles. The average Bonchev–Trinajstić information content (AvgIpc) is 3.29. The number of carbonyl (C=O) groups is 3. The zero-order chi connectivity index (χ0) is 25.9. The van der Waals surface area contributed by atoms with Gasteiger partial charge in [0.1, 0.15) is 17.2 Å². The predicted molar refractivity (Wildman–Crippen MR) is 140 cm³/mol. The zero-order valence-electron chi connectivity index (χ0n) is 20.6. The van der Waals surface area contributed by atoms with Crippen LogP contribution < -0.4 is 10.1 Å². The van der Waals surface area contributed by atoms with Gasteiger partial charge in [0.2, 0.25) is 0 Å². The topological polar surface area (TPSA) is 105 Å². The summed E-state index contributed by atoms with van der Waals surface area (Å²) in [5.74, 6) is -2.14. The molecular weight excluding hydrogens is 480 g/mol. The molecule has 3 aromatic rings. The molecule has 1 aromatic heterocycles. The van der Waals surface area contributed by atoms with Crippen LogP contribution >= 0.6 is 11.3 Å². The van der Waals surface area contributed by atoms with Crippen molar-refractivity contribution >= 4 is 45.5 Å². The van der Waals surface area contributed by atoms with Crippen LogP contribution in [0.15, 0.2) is 41.8 Å². The number of fused-ring (bicyclic) bond motifs is 1. The van der Waals surface area contributed by atoms with Gasteiger partial charge in [-0.25, -0.2) is 4.79 Å². The van der Waals surface area contributed by atoms with Crippen LogP contribution in [-0.4, -0.2) is 67.1 Å². The maximum atomic E-state index is 13.2. The van der Waals surface area contributed by atoms with Gasteiger partial charge in [-0.3, -0.25) is 14.5 Å². The van der Waals surface area contributed by atoms with Crippen LogP contribution in [0.2, 0.25) is 0 Å². The van der Waals surface area contributed by atoms with E-state index in [0.717, 1.165) is 49.6 Å². The SMILES string of the molecule is CC(C)(C)c1csc(C(=O)O)c1NC(=O)C(=O)c1ccc(OCCN2CCOCC2)c2ccccc12. The van der Waals surface area contributed by atoms with Gasteiger partial charge in [-0.1, -0.05) is 45.0 Å². The minimum atomic E-state index is -1.15. The number of nitrogens with zero attached hydrogens (tertiary/aromatic N) is 1. The van der Waals surface area contributed by atoms with Crippen molar-refractivity contribution in [2.75, 3.05) is 44.8 Å². The third-order valence-electron chi connectivity index (χ3n) is 6.14. The molecule has 2 heterocycles. The Morgan fingerprint density at radius 3 is 2.44 bits per heavy atom. The number of morpholine rings is 1. The van der Waals surface area contributed by atoms with Crippen molar-refractivity contribution in [1.29, 1.82) is 0 Å². The maximum Gasteiger partial charge on any atom is 0.348 e. The summed E-state index contributed by atoms with van der Waals surface area (Å²) >= 11 is 1.03. The number of aromatic carboxylic acids is 1. The van der Waals surface area contributed by atoms with E-state index in [0.29, 0.717) is 23.3 Å². The monoisotopic (exact) mass is 510 g/mol. The molecule has 0 bridgehead atoms. The Morgan fingerprint density at radius 1 is 1.08 bits per heavy atom. The Bertz CT molecular complexity index is 1290. The van der Waals surface area contributed by atoms with E-state index in [9.17, 15) is 19.5 Å². The second-order valence-electron chi connectivity index (χ2n) is 9.65. The highest BCUT2D eigenvalue weighted by molar-refractivity contribution is 7.12. The van der Waals surface area contributed by atoms with E-state index in [1.165, 1.54) is 0 Å². The lowest BCUT2D eigenvalue weighted by Gasteiger charge is -2.26. The number of amides is 1. The van der Waals surface area contributed by atoms with Gasteiger partial charge in [0, 0.05) is 30.6 Å². The number of carbonyl (C=O) groups excluding carboxylic acids is 2. The number of ether oxygens (including phenoxy) is 2. The minimum absolute atomic E-state index is 0.00468. The van der Waals surface area contributed by atoms with Gasteiger partial charge < -0.3 is 19.9 Å². The number of carboxylic acids is 1. The molecule has 0 radical (unpaired) electrons. The summed E-state index contributed by atoms with van der Waals surface area (Å²) in [5, 5.41) is 15.2. The fraction of sp³-hybridized carbons (Fsp3) is 0.370. The first-order chi connectivity index (χ1) is 17.2. The fourth-order valence-electron chi connectivity index (χ4n) is 4.19. The summed E-state index contributed by atoms with van der Waals surface area (Å²) in [5.41, 5.74) is 0.654. The number of ketones is 1. The average molecular weight is 511 g/mol. The van der Waals surface area contributed by atoms with E-state index >= 15 is 0 Å². The Labute approximate surface area is 213 Å². The normalized spacial score (nSPS) is 14.5. The van der Waals surface area contributed by atoms with Gasteiger partial charge in [-0.15, -0.1) is 11.3 Å². The van der Waals surface area contributed by atoms with Gasteiger partial charge >= 0.3 is 5.97 Å². The molecule has 4 rings (SSSR count). The van der Waals surface area contributed by atoms with Crippen molar-refractivity contribution < 1.29 is 29.0 Å². The first kappa shape index (κ1) is 25.8. The van der Waals surface area contributed by atoms with Gasteiger partial charge in [-0.05, 0) is 33.9 Å². The molecule has 1 amide bonds. The highest BCUT2D eigenvalue weighted by atomic mass is 32.1. The lowest BCUT2D eigenvalue weighted by atomic mass is 9.87. The predicted octanol–water partition coefficient (Wildman–Crippen LogP) is 4.43. The van der Waals surface area contributed by atoms with Crippen LogP contribution in [0.4, 0.5) is 5.69 Å². The van der Waals surface area contributed by atoms with E-state index < -0.39 is 23.1 Å². The van der Waals surface area contributed by atoms with E-state index in [-0.39, 0.29) is 16.1 Å². The van der Waals surface area contributed by atoms with Gasteiger partial charge in [0.05, 0.1) is 18.9 Å². The molecule has 0 spiro atoms. The molecule has 1 aliphatic rings. The molecule has 8 nitrogen and oxygen atoms in total. The quantitative estimate of drug-likeness (QED) is 0.341. The lowest BCUT2D eigenvalue weighted by Crippen LogP contribution is -2.38. The second-order valence-corrected chi connectivity index (χ2v) is 10.5. The Hall–Kier alpha value is -3.27. The number of benzene rings is 2. The van der Waals surface area contributed by atoms with Crippen LogP contribution in [0.5, 0.6) is 5.75 Å². The summed E-state index contributed by atoms with van der Waals surface area (Å²) in [7, 11) is 0. The molecular formula is C27H30N2O6S. The number of rotatable bonds is 8. The van der Waals surface area contributed by atoms with E-state index in [2.05, 4.69) is 10.2 Å². The molecule has 0 atom stereocenters. The van der Waals surface area contributed by atoms with Crippen LogP contribution in [0.3, 0.4) is 0 Å². The molecule has 1 saturated heterocycles. The number of carboxylic acid groups (broad SMARTS) is 1. The zero-order valence-corrected chi connectivity index (χ0v) is 21.4. The van der Waals surface area contributed by atoms with Crippen molar-refractivity contribution in [3.63, 3.8) is 0 Å². The summed E-state index contributed by atoms with van der Waals surface area (Å²) in [4.78, 5) is 40.3. The third kappa shape index (κ3) is 5.59. The van der Waals surface area contributed by atoms with E-state index in [1.54, 1.807) is 29.6 Å². The van der Waals surface area contributed by atoms with Crippen molar-refractivity contribution in [1.82, 2.24) is 4.90 Å². The summed E-state index contributed by atoms with van der Waals surface area (Å²) < 4.78 is 11.4. The first-order valence-electron chi connectivity index (χ1n) is 11.8. The van der Waals surface area contributed by atoms with Crippen LogP contribution in [0.1, 0.15) is 46.4 Å². The molecule has 36 heavy (non-hydrogen) atoms. The summed E-state index contributed by atoms with van der Waals surface area (Å²) in [6, 6.07) is 10.6. The molecule has 190 valence electrons. The maximum absolute atomic E-state index is 13.2. The molecule has 0 saturated carbocycles. The van der Waals surface area contributed by atoms with Crippen LogP contribution in [0.25, 0.3) is 10.8 Å². The molecule has 0 unspecified atom stereocenters. The molecule has 1 aliphatic heterocycles. The number of hydrogen-bond donors (Lipinski definition) is 2. The number of thiophene rings is 1. The van der Waals surface area contributed by atoms with Crippen LogP contribution in [-0.2, 0) is 14.9 Å². The molecule has 2 aromatic carbocycles. The standard InChI is InChI=1S/C27H30N2O6S/c1-27(2,3)20-16-36-24(26(32)33)22(20)28-25(31)23(30)19-8-9-21(18-7-5-4-6-17(18)19)35-15-12-29-10-13-34-14-11-29/h4-9,16H,10-15H2,1-3H3,(H,28,31)(H,32,33). The number of anilines is 1. The summed E-state index contributed by atoms with van der Waals surface area (Å²) in [6.07, 6.45) is 0. The number of nitrogens with one attached hydrogen (secondary N) is 1. The van der Waals surface area contributed by atoms with Crippen LogP contribution in [0, 0.1) is 0 Å². The van der Waals surface area contributed by atoms with Crippen molar-refractivity contribution in [3.8, 4) is 5.75 Å². The molecule has 2 N–H and O–H groups in total. The Kier molecular flexibility index (Phi) is 7.73. The first-order valence-corrected chi connectivity index (χ1v) is 12.7. The summed E-state index contributed by atoms with van der Waals surface area (Å²) in [6.45, 7) is 10.2. The largest absolute Gasteiger partial charge is 0.492 e. The van der Waals surface area contributed by atoms with E-state index in [4.69, 9.17) is 9.47 Å². The highest BCUT2D eigenvalue weighted by Crippen LogP contribution is 2.37. The Balaban J connectivity index is 1.56. The number of hydrogen-bond acceptors (Lipinski definition) is 7. The smallest absolute Gasteiger partial charge is 0.348 e. The lowest BCUT2D eigenvalue weighted by molar-refractivity contribution is -0.112. The molecule has 9 heteroatoms. The minimum Gasteiger partial charge on any atom is -0.492 e.